The summed E-state index contributed by atoms with van der Waals surface area (Å²) >= 11 is 0. The highest BCUT2D eigenvalue weighted by Gasteiger charge is 2.36. The highest BCUT2D eigenvalue weighted by Crippen LogP contribution is 2.30. The van der Waals surface area contributed by atoms with Gasteiger partial charge in [-0.3, -0.25) is 0 Å². The second-order valence-corrected chi connectivity index (χ2v) is 7.51. The molecule has 1 aromatic rings. The first-order valence-electron chi connectivity index (χ1n) is 6.88. The number of hydrogen-bond acceptors (Lipinski definition) is 3. The van der Waals surface area contributed by atoms with E-state index in [4.69, 9.17) is 5.11 Å². The molecular formula is C14H19F2NO3S. The van der Waals surface area contributed by atoms with Crippen LogP contribution in [0, 0.1) is 17.6 Å². The molecule has 0 bridgehead atoms. The van der Waals surface area contributed by atoms with E-state index in [1.165, 1.54) is 4.31 Å². The van der Waals surface area contributed by atoms with Gasteiger partial charge in [0.2, 0.25) is 10.0 Å². The molecule has 0 saturated carbocycles. The third-order valence-corrected chi connectivity index (χ3v) is 5.86. The van der Waals surface area contributed by atoms with Crippen molar-refractivity contribution in [3.63, 3.8) is 0 Å². The molecule has 118 valence electrons. The van der Waals surface area contributed by atoms with Gasteiger partial charge in [-0.1, -0.05) is 6.92 Å². The molecule has 1 N–H and O–H groups in total. The zero-order valence-corrected chi connectivity index (χ0v) is 12.8. The van der Waals surface area contributed by atoms with Crippen molar-refractivity contribution in [3.8, 4) is 0 Å². The Bertz CT molecular complexity index is 633. The van der Waals surface area contributed by atoms with Gasteiger partial charge in [0.15, 0.2) is 11.6 Å². The number of piperidine rings is 1. The van der Waals surface area contributed by atoms with Gasteiger partial charge in [-0.25, -0.2) is 17.2 Å². The van der Waals surface area contributed by atoms with Crippen LogP contribution < -0.4 is 0 Å². The molecule has 1 aromatic carbocycles. The van der Waals surface area contributed by atoms with Crippen LogP contribution in [0.15, 0.2) is 17.0 Å². The molecule has 1 heterocycles. The third-order valence-electron chi connectivity index (χ3n) is 3.88. The Labute approximate surface area is 123 Å². The minimum Gasteiger partial charge on any atom is -0.392 e. The van der Waals surface area contributed by atoms with E-state index in [0.717, 1.165) is 18.6 Å². The number of aliphatic hydroxyl groups excluding tert-OH is 1. The molecule has 0 radical (unpaired) electrons. The predicted octanol–water partition coefficient (Wildman–Crippen LogP) is 2.27. The lowest BCUT2D eigenvalue weighted by molar-refractivity contribution is 0.217. The third kappa shape index (κ3) is 3.09. The smallest absolute Gasteiger partial charge is 0.246 e. The van der Waals surface area contributed by atoms with Crippen LogP contribution in [-0.2, 0) is 16.6 Å². The van der Waals surface area contributed by atoms with Crippen molar-refractivity contribution in [1.29, 1.82) is 0 Å². The molecule has 7 heteroatoms. The Morgan fingerprint density at radius 1 is 1.29 bits per heavy atom. The Hall–Kier alpha value is -1.05. The second kappa shape index (κ2) is 5.98. The minimum atomic E-state index is -4.12. The van der Waals surface area contributed by atoms with Crippen molar-refractivity contribution in [2.24, 2.45) is 5.92 Å². The topological polar surface area (TPSA) is 57.6 Å². The number of benzene rings is 1. The fraction of sp³-hybridized carbons (Fsp3) is 0.571. The molecule has 2 rings (SSSR count). The quantitative estimate of drug-likeness (QED) is 0.930. The van der Waals surface area contributed by atoms with Crippen LogP contribution in [0.4, 0.5) is 8.78 Å². The molecular weight excluding hydrogens is 300 g/mol. The number of aliphatic hydroxyl groups is 1. The number of rotatable bonds is 3. The van der Waals surface area contributed by atoms with E-state index in [1.807, 2.05) is 6.92 Å². The van der Waals surface area contributed by atoms with E-state index in [0.29, 0.717) is 6.42 Å². The average Bonchev–Trinajstić information content (AvgIpc) is 2.43. The maximum atomic E-state index is 13.9. The van der Waals surface area contributed by atoms with Crippen LogP contribution in [0.5, 0.6) is 0 Å². The van der Waals surface area contributed by atoms with E-state index in [2.05, 4.69) is 0 Å². The molecule has 2 unspecified atom stereocenters. The van der Waals surface area contributed by atoms with Crippen molar-refractivity contribution in [3.05, 3.63) is 29.3 Å². The summed E-state index contributed by atoms with van der Waals surface area (Å²) in [4.78, 5) is -0.701. The van der Waals surface area contributed by atoms with E-state index >= 15 is 0 Å². The Kier molecular flexibility index (Phi) is 4.65. The highest BCUT2D eigenvalue weighted by atomic mass is 32.2. The van der Waals surface area contributed by atoms with E-state index in [-0.39, 0.29) is 24.1 Å². The van der Waals surface area contributed by atoms with Crippen molar-refractivity contribution in [1.82, 2.24) is 4.31 Å². The SMILES string of the molecule is CC1CCC(C)N(S(=O)(=O)c2cc(CO)cc(F)c2F)C1. The van der Waals surface area contributed by atoms with Crippen molar-refractivity contribution in [2.75, 3.05) is 6.54 Å². The fourth-order valence-electron chi connectivity index (χ4n) is 2.61. The fourth-order valence-corrected chi connectivity index (χ4v) is 4.51. The number of halogens is 2. The zero-order chi connectivity index (χ0) is 15.8. The number of nitrogens with zero attached hydrogens (tertiary/aromatic N) is 1. The van der Waals surface area contributed by atoms with Gasteiger partial charge in [-0.2, -0.15) is 4.31 Å². The van der Waals surface area contributed by atoms with Gasteiger partial charge >= 0.3 is 0 Å². The van der Waals surface area contributed by atoms with Gasteiger partial charge in [0, 0.05) is 12.6 Å². The molecule has 4 nitrogen and oxygen atoms in total. The first kappa shape index (κ1) is 16.3. The maximum Gasteiger partial charge on any atom is 0.246 e. The molecule has 0 spiro atoms. The maximum absolute atomic E-state index is 13.9. The highest BCUT2D eigenvalue weighted by molar-refractivity contribution is 7.89. The lowest BCUT2D eigenvalue weighted by Crippen LogP contribution is -2.45. The molecule has 0 amide bonds. The van der Waals surface area contributed by atoms with Crippen molar-refractivity contribution < 1.29 is 22.3 Å². The summed E-state index contributed by atoms with van der Waals surface area (Å²) in [6, 6.07) is 1.54. The summed E-state index contributed by atoms with van der Waals surface area (Å²) in [6.45, 7) is 3.42. The van der Waals surface area contributed by atoms with Crippen LogP contribution in [0.2, 0.25) is 0 Å². The molecule has 0 aliphatic carbocycles. The predicted molar refractivity (Wildman–Crippen MR) is 74.0 cm³/mol. The normalized spacial score (nSPS) is 24.2. The van der Waals surface area contributed by atoms with Crippen LogP contribution in [0.3, 0.4) is 0 Å². The van der Waals surface area contributed by atoms with Gasteiger partial charge in [0.1, 0.15) is 4.90 Å². The van der Waals surface area contributed by atoms with Crippen LogP contribution in [0.25, 0.3) is 0 Å². The minimum absolute atomic E-state index is 0.0326. The molecule has 2 atom stereocenters. The lowest BCUT2D eigenvalue weighted by Gasteiger charge is -2.35. The van der Waals surface area contributed by atoms with E-state index < -0.39 is 33.2 Å². The Balaban J connectivity index is 2.51. The number of hydrogen-bond donors (Lipinski definition) is 1. The molecule has 0 aromatic heterocycles. The van der Waals surface area contributed by atoms with Crippen molar-refractivity contribution in [2.45, 2.75) is 44.2 Å². The van der Waals surface area contributed by atoms with Crippen LogP contribution in [-0.4, -0.2) is 30.4 Å². The summed E-state index contributed by atoms with van der Waals surface area (Å²) in [5, 5.41) is 9.05. The standard InChI is InChI=1S/C14H19F2NO3S/c1-9-3-4-10(2)17(7-9)21(19,20)13-6-11(8-18)5-12(15)14(13)16/h5-6,9-10,18H,3-4,7-8H2,1-2H3. The van der Waals surface area contributed by atoms with E-state index in [1.54, 1.807) is 6.92 Å². The van der Waals surface area contributed by atoms with Gasteiger partial charge in [-0.15, -0.1) is 0 Å². The van der Waals surface area contributed by atoms with Crippen LogP contribution >= 0.6 is 0 Å². The van der Waals surface area contributed by atoms with Crippen LogP contribution in [0.1, 0.15) is 32.3 Å². The molecule has 1 aliphatic rings. The molecule has 1 fully saturated rings. The first-order valence-corrected chi connectivity index (χ1v) is 8.32. The van der Waals surface area contributed by atoms with Gasteiger partial charge in [0.05, 0.1) is 6.61 Å². The van der Waals surface area contributed by atoms with Gasteiger partial charge in [-0.05, 0) is 43.4 Å². The first-order chi connectivity index (χ1) is 9.77. The number of sulfonamides is 1. The Morgan fingerprint density at radius 2 is 1.95 bits per heavy atom. The molecule has 21 heavy (non-hydrogen) atoms. The summed E-state index contributed by atoms with van der Waals surface area (Å²) in [5.41, 5.74) is 0.0326. The Morgan fingerprint density at radius 3 is 2.57 bits per heavy atom. The van der Waals surface area contributed by atoms with E-state index in [9.17, 15) is 17.2 Å². The average molecular weight is 319 g/mol. The van der Waals surface area contributed by atoms with Gasteiger partial charge < -0.3 is 5.11 Å². The zero-order valence-electron chi connectivity index (χ0n) is 12.0. The summed E-state index contributed by atoms with van der Waals surface area (Å²) in [7, 11) is -4.12. The molecule has 1 saturated heterocycles. The molecule has 1 aliphatic heterocycles. The van der Waals surface area contributed by atoms with Crippen molar-refractivity contribution >= 4 is 10.0 Å². The largest absolute Gasteiger partial charge is 0.392 e. The summed E-state index contributed by atoms with van der Waals surface area (Å²) in [6.07, 6.45) is 1.59. The second-order valence-electron chi connectivity index (χ2n) is 5.65. The summed E-state index contributed by atoms with van der Waals surface area (Å²) in [5.74, 6) is -2.49. The van der Waals surface area contributed by atoms with Gasteiger partial charge in [0.25, 0.3) is 0 Å². The monoisotopic (exact) mass is 319 g/mol. The summed E-state index contributed by atoms with van der Waals surface area (Å²) < 4.78 is 53.9. The lowest BCUT2D eigenvalue weighted by atomic mass is 9.97.